The number of rotatable bonds is 13. The molecule has 0 atom stereocenters. The molecule has 0 heterocycles. The van der Waals surface area contributed by atoms with Gasteiger partial charge in [-0.1, -0.05) is 64.7 Å². The quantitative estimate of drug-likeness (QED) is 0.233. The van der Waals surface area contributed by atoms with E-state index in [1.165, 1.54) is 56.3 Å². The molecule has 0 bridgehead atoms. The Morgan fingerprint density at radius 3 is 1.91 bits per heavy atom. The van der Waals surface area contributed by atoms with Gasteiger partial charge in [-0.05, 0) is 6.42 Å². The van der Waals surface area contributed by atoms with Gasteiger partial charge in [-0.3, -0.25) is 10.2 Å². The minimum Gasteiger partial charge on any atom is -0.464 e. The van der Waals surface area contributed by atoms with E-state index < -0.39 is 0 Å². The molecule has 0 radical (unpaired) electrons. The summed E-state index contributed by atoms with van der Waals surface area (Å²) in [5.41, 5.74) is 5.25. The van der Waals surface area contributed by atoms with Gasteiger partial charge in [0.05, 0.1) is 6.61 Å². The van der Waals surface area contributed by atoms with Crippen LogP contribution in [0.5, 0.6) is 0 Å². The van der Waals surface area contributed by atoms with Crippen molar-refractivity contribution in [3.05, 3.63) is 0 Å². The Bertz CT molecular complexity index is 289. The average Bonchev–Trinajstić information content (AvgIpc) is 2.44. The number of likely N-dealkylation sites (N-methyl/N-ethyl adjacent to an activating group) is 1. The van der Waals surface area contributed by atoms with Gasteiger partial charge < -0.3 is 15.4 Å². The summed E-state index contributed by atoms with van der Waals surface area (Å²) in [6, 6.07) is 0. The Balaban J connectivity index is 0. The molecule has 0 saturated heterocycles. The number of nitrogens with one attached hydrogen (secondary N) is 1. The molecule has 0 aromatic rings. The maximum Gasteiger partial charge on any atom is 0.325 e. The topological polar surface area (TPSA) is 79.4 Å². The van der Waals surface area contributed by atoms with E-state index in [0.29, 0.717) is 6.61 Å². The lowest BCUT2D eigenvalue weighted by molar-refractivity contribution is -0.143. The monoisotopic (exact) mass is 335 g/mol. The van der Waals surface area contributed by atoms with E-state index in [4.69, 9.17) is 15.9 Å². The first-order valence-electron chi connectivity index (χ1n) is 8.28. The molecule has 0 rings (SSSR count). The summed E-state index contributed by atoms with van der Waals surface area (Å²) in [4.78, 5) is 12.8. The normalized spacial score (nSPS) is 9.91. The average molecular weight is 336 g/mol. The van der Waals surface area contributed by atoms with Crippen LogP contribution in [-0.4, -0.2) is 37.0 Å². The largest absolute Gasteiger partial charge is 0.464 e. The minimum absolute atomic E-state index is 0. The van der Waals surface area contributed by atoms with Crippen molar-refractivity contribution in [2.24, 2.45) is 5.73 Å². The second-order valence-corrected chi connectivity index (χ2v) is 5.64. The molecule has 0 amide bonds. The number of hydrogen-bond donors (Lipinski definition) is 2. The highest BCUT2D eigenvalue weighted by Gasteiger charge is 2.08. The van der Waals surface area contributed by atoms with Gasteiger partial charge in [-0.2, -0.15) is 0 Å². The molecule has 0 aliphatic carbocycles. The molecule has 22 heavy (non-hydrogen) atoms. The fourth-order valence-corrected chi connectivity index (χ4v) is 2.10. The number of halogens is 1. The number of carbonyl (C=O) groups excluding carboxylic acids is 1. The van der Waals surface area contributed by atoms with Gasteiger partial charge in [0.15, 0.2) is 5.96 Å². The lowest BCUT2D eigenvalue weighted by atomic mass is 10.1. The van der Waals surface area contributed by atoms with E-state index in [1.807, 2.05) is 0 Å². The Morgan fingerprint density at radius 1 is 1.00 bits per heavy atom. The zero-order valence-corrected chi connectivity index (χ0v) is 15.1. The van der Waals surface area contributed by atoms with Crippen LogP contribution in [0.1, 0.15) is 71.1 Å². The molecule has 0 unspecified atom stereocenters. The van der Waals surface area contributed by atoms with Gasteiger partial charge in [0.2, 0.25) is 0 Å². The molecule has 0 fully saturated rings. The zero-order chi connectivity index (χ0) is 15.9. The molecular weight excluding hydrogens is 302 g/mol. The predicted molar refractivity (Wildman–Crippen MR) is 94.6 cm³/mol. The third kappa shape index (κ3) is 15.4. The second kappa shape index (κ2) is 16.4. The van der Waals surface area contributed by atoms with E-state index in [2.05, 4.69) is 6.92 Å². The number of carbonyl (C=O) groups is 1. The van der Waals surface area contributed by atoms with Crippen LogP contribution in [0, 0.1) is 5.41 Å². The van der Waals surface area contributed by atoms with Crippen LogP contribution in [0.4, 0.5) is 0 Å². The van der Waals surface area contributed by atoms with Gasteiger partial charge in [-0.15, -0.1) is 12.4 Å². The van der Waals surface area contributed by atoms with E-state index in [9.17, 15) is 4.79 Å². The number of guanidine groups is 1. The fourth-order valence-electron chi connectivity index (χ4n) is 2.10. The highest BCUT2D eigenvalue weighted by molar-refractivity contribution is 5.85. The van der Waals surface area contributed by atoms with Crippen molar-refractivity contribution in [2.75, 3.05) is 20.2 Å². The molecule has 132 valence electrons. The molecule has 0 aliphatic heterocycles. The summed E-state index contributed by atoms with van der Waals surface area (Å²) in [5, 5.41) is 7.15. The van der Waals surface area contributed by atoms with Crippen LogP contribution in [0.25, 0.3) is 0 Å². The SMILES string of the molecule is CCCCCCCCCCCCOC(=O)CN(C)C(=N)N.Cl. The molecule has 5 nitrogen and oxygen atoms in total. The zero-order valence-electron chi connectivity index (χ0n) is 14.2. The van der Waals surface area contributed by atoms with Crippen molar-refractivity contribution in [1.82, 2.24) is 4.90 Å². The molecular formula is C16H34ClN3O2. The second-order valence-electron chi connectivity index (χ2n) is 5.64. The first kappa shape index (κ1) is 23.3. The summed E-state index contributed by atoms with van der Waals surface area (Å²) < 4.78 is 5.10. The van der Waals surface area contributed by atoms with Crippen LogP contribution in [0.15, 0.2) is 0 Å². The van der Waals surface area contributed by atoms with Crippen molar-refractivity contribution in [3.8, 4) is 0 Å². The highest BCUT2D eigenvalue weighted by atomic mass is 35.5. The summed E-state index contributed by atoms with van der Waals surface area (Å²) in [5.74, 6) is -0.436. The van der Waals surface area contributed by atoms with Gasteiger partial charge in [0, 0.05) is 7.05 Å². The van der Waals surface area contributed by atoms with Gasteiger partial charge in [0.1, 0.15) is 6.54 Å². The van der Waals surface area contributed by atoms with Crippen molar-refractivity contribution in [1.29, 1.82) is 5.41 Å². The standard InChI is InChI=1S/C16H33N3O2.ClH/c1-3-4-5-6-7-8-9-10-11-12-13-21-15(20)14-19(2)16(17)18;/h3-14H2,1-2H3,(H3,17,18);1H. The molecule has 6 heteroatoms. The first-order chi connectivity index (χ1) is 10.1. The van der Waals surface area contributed by atoms with E-state index in [-0.39, 0.29) is 30.9 Å². The number of nitrogens with two attached hydrogens (primary N) is 1. The minimum atomic E-state index is -0.316. The smallest absolute Gasteiger partial charge is 0.325 e. The number of ether oxygens (including phenoxy) is 1. The van der Waals surface area contributed by atoms with Crippen LogP contribution < -0.4 is 5.73 Å². The van der Waals surface area contributed by atoms with Crippen LogP contribution in [0.2, 0.25) is 0 Å². The Morgan fingerprint density at radius 2 is 1.45 bits per heavy atom. The maximum atomic E-state index is 11.4. The van der Waals surface area contributed by atoms with Gasteiger partial charge >= 0.3 is 5.97 Å². The summed E-state index contributed by atoms with van der Waals surface area (Å²) in [6.45, 7) is 2.76. The molecule has 0 aromatic heterocycles. The predicted octanol–water partition coefficient (Wildman–Crippen LogP) is 3.70. The van der Waals surface area contributed by atoms with E-state index in [0.717, 1.165) is 12.8 Å². The first-order valence-corrected chi connectivity index (χ1v) is 8.28. The fraction of sp³-hybridized carbons (Fsp3) is 0.875. The van der Waals surface area contributed by atoms with Crippen molar-refractivity contribution >= 4 is 24.3 Å². The van der Waals surface area contributed by atoms with Gasteiger partial charge in [0.25, 0.3) is 0 Å². The molecule has 3 N–H and O–H groups in total. The summed E-state index contributed by atoms with van der Waals surface area (Å²) in [6.07, 6.45) is 12.6. The van der Waals surface area contributed by atoms with E-state index >= 15 is 0 Å². The maximum absolute atomic E-state index is 11.4. The van der Waals surface area contributed by atoms with Crippen LogP contribution in [0.3, 0.4) is 0 Å². The molecule has 0 spiro atoms. The number of hydrogen-bond acceptors (Lipinski definition) is 3. The third-order valence-electron chi connectivity index (χ3n) is 3.54. The van der Waals surface area contributed by atoms with Crippen LogP contribution >= 0.6 is 12.4 Å². The highest BCUT2D eigenvalue weighted by Crippen LogP contribution is 2.10. The van der Waals surface area contributed by atoms with Crippen molar-refractivity contribution in [3.63, 3.8) is 0 Å². The summed E-state index contributed by atoms with van der Waals surface area (Å²) in [7, 11) is 1.60. The number of esters is 1. The Hall–Kier alpha value is -0.970. The van der Waals surface area contributed by atoms with Crippen molar-refractivity contribution < 1.29 is 9.53 Å². The van der Waals surface area contributed by atoms with Crippen LogP contribution in [-0.2, 0) is 9.53 Å². The lowest BCUT2D eigenvalue weighted by Crippen LogP contribution is -2.37. The molecule has 0 saturated carbocycles. The third-order valence-corrected chi connectivity index (χ3v) is 3.54. The Kier molecular flexibility index (Phi) is 17.4. The molecule has 0 aromatic carbocycles. The van der Waals surface area contributed by atoms with Crippen molar-refractivity contribution in [2.45, 2.75) is 71.1 Å². The number of unbranched alkanes of at least 4 members (excludes halogenated alkanes) is 9. The number of nitrogens with zero attached hydrogens (tertiary/aromatic N) is 1. The van der Waals surface area contributed by atoms with Gasteiger partial charge in [-0.25, -0.2) is 0 Å². The lowest BCUT2D eigenvalue weighted by Gasteiger charge is -2.15. The van der Waals surface area contributed by atoms with E-state index in [1.54, 1.807) is 7.05 Å². The Labute approximate surface area is 141 Å². The molecule has 0 aliphatic rings. The summed E-state index contributed by atoms with van der Waals surface area (Å²) >= 11 is 0.